The molecule has 1 saturated carbocycles. The van der Waals surface area contributed by atoms with Gasteiger partial charge in [0.25, 0.3) is 0 Å². The molecule has 2 N–H and O–H groups in total. The van der Waals surface area contributed by atoms with Crippen LogP contribution in [0.5, 0.6) is 0 Å². The predicted molar refractivity (Wildman–Crippen MR) is 55.9 cm³/mol. The highest BCUT2D eigenvalue weighted by Crippen LogP contribution is 2.57. The Kier molecular flexibility index (Phi) is 2.09. The Labute approximate surface area is 88.1 Å². The topological polar surface area (TPSA) is 26.0 Å². The lowest BCUT2D eigenvalue weighted by Gasteiger charge is -2.03. The zero-order valence-corrected chi connectivity index (χ0v) is 8.98. The Balaban J connectivity index is 2.32. The minimum Gasteiger partial charge on any atom is -0.327 e. The average Bonchev–Trinajstić information content (AvgIpc) is 2.58. The molecule has 0 aliphatic heterocycles. The van der Waals surface area contributed by atoms with E-state index in [1.165, 1.54) is 6.07 Å². The molecule has 1 nitrogen and oxygen atoms in total. The van der Waals surface area contributed by atoms with Crippen molar-refractivity contribution in [3.8, 4) is 0 Å². The van der Waals surface area contributed by atoms with E-state index >= 15 is 0 Å². The Morgan fingerprint density at radius 2 is 2.00 bits per heavy atom. The van der Waals surface area contributed by atoms with Crippen molar-refractivity contribution in [2.24, 2.45) is 11.1 Å². The summed E-state index contributed by atoms with van der Waals surface area (Å²) in [7, 11) is 0. The summed E-state index contributed by atoms with van der Waals surface area (Å²) in [6.07, 6.45) is 0. The molecule has 3 heteroatoms. The molecule has 2 atom stereocenters. The fraction of sp³-hybridized carbons (Fsp3) is 0.455. The molecule has 0 amide bonds. The van der Waals surface area contributed by atoms with Gasteiger partial charge in [0, 0.05) is 12.0 Å². The first-order valence-electron chi connectivity index (χ1n) is 4.65. The zero-order valence-electron chi connectivity index (χ0n) is 8.22. The second-order valence-corrected chi connectivity index (χ2v) is 4.91. The monoisotopic (exact) mass is 213 g/mol. The van der Waals surface area contributed by atoms with Crippen LogP contribution in [0.15, 0.2) is 18.2 Å². The van der Waals surface area contributed by atoms with Crippen molar-refractivity contribution in [1.82, 2.24) is 0 Å². The maximum absolute atomic E-state index is 12.9. The van der Waals surface area contributed by atoms with Crippen LogP contribution in [0.3, 0.4) is 0 Å². The number of hydrogen-bond acceptors (Lipinski definition) is 1. The third-order valence-electron chi connectivity index (χ3n) is 3.21. The summed E-state index contributed by atoms with van der Waals surface area (Å²) >= 11 is 5.71. The van der Waals surface area contributed by atoms with Gasteiger partial charge in [-0.1, -0.05) is 31.5 Å². The second-order valence-electron chi connectivity index (χ2n) is 4.50. The van der Waals surface area contributed by atoms with Gasteiger partial charge in [0.05, 0.1) is 5.02 Å². The Morgan fingerprint density at radius 1 is 1.43 bits per heavy atom. The van der Waals surface area contributed by atoms with Gasteiger partial charge in [0.2, 0.25) is 0 Å². The SMILES string of the molecule is CC1(C)[C@@H](N)[C@@H]1c1ccc(F)c(Cl)c1. The van der Waals surface area contributed by atoms with Crippen LogP contribution < -0.4 is 5.73 Å². The maximum Gasteiger partial charge on any atom is 0.141 e. The molecule has 0 aromatic heterocycles. The minimum atomic E-state index is -0.373. The molecule has 76 valence electrons. The largest absolute Gasteiger partial charge is 0.327 e. The third kappa shape index (κ3) is 1.33. The number of hydrogen-bond donors (Lipinski definition) is 1. The lowest BCUT2D eigenvalue weighted by Crippen LogP contribution is -2.06. The molecule has 0 saturated heterocycles. The summed E-state index contributed by atoms with van der Waals surface area (Å²) < 4.78 is 12.9. The van der Waals surface area contributed by atoms with Crippen molar-refractivity contribution in [3.63, 3.8) is 0 Å². The Bertz CT molecular complexity index is 376. The van der Waals surface area contributed by atoms with E-state index in [9.17, 15) is 4.39 Å². The van der Waals surface area contributed by atoms with Crippen LogP contribution in [0, 0.1) is 11.2 Å². The minimum absolute atomic E-state index is 0.112. The number of rotatable bonds is 1. The second kappa shape index (κ2) is 2.94. The molecule has 0 radical (unpaired) electrons. The highest BCUT2D eigenvalue weighted by Gasteiger charge is 2.56. The summed E-state index contributed by atoms with van der Waals surface area (Å²) in [5.74, 6) is -0.0666. The highest BCUT2D eigenvalue weighted by atomic mass is 35.5. The first-order valence-corrected chi connectivity index (χ1v) is 5.03. The van der Waals surface area contributed by atoms with E-state index in [1.807, 2.05) is 0 Å². The summed E-state index contributed by atoms with van der Waals surface area (Å²) in [6, 6.07) is 5.00. The molecule has 1 aromatic carbocycles. The van der Waals surface area contributed by atoms with Crippen molar-refractivity contribution < 1.29 is 4.39 Å². The van der Waals surface area contributed by atoms with E-state index in [4.69, 9.17) is 17.3 Å². The van der Waals surface area contributed by atoms with Crippen molar-refractivity contribution in [2.75, 3.05) is 0 Å². The molecule has 0 heterocycles. The number of halogens is 2. The molecule has 2 rings (SSSR count). The average molecular weight is 214 g/mol. The third-order valence-corrected chi connectivity index (χ3v) is 3.50. The van der Waals surface area contributed by atoms with Gasteiger partial charge in [-0.05, 0) is 23.1 Å². The molecule has 0 spiro atoms. The Morgan fingerprint density at radius 3 is 2.43 bits per heavy atom. The van der Waals surface area contributed by atoms with E-state index in [-0.39, 0.29) is 22.3 Å². The van der Waals surface area contributed by atoms with Gasteiger partial charge in [-0.25, -0.2) is 4.39 Å². The maximum atomic E-state index is 12.9. The quantitative estimate of drug-likeness (QED) is 0.763. The molecule has 1 fully saturated rings. The molecule has 1 aromatic rings. The van der Waals surface area contributed by atoms with E-state index < -0.39 is 0 Å². The van der Waals surface area contributed by atoms with Crippen molar-refractivity contribution in [1.29, 1.82) is 0 Å². The van der Waals surface area contributed by atoms with E-state index in [2.05, 4.69) is 13.8 Å². The lowest BCUT2D eigenvalue weighted by molar-refractivity contribution is 0.597. The summed E-state index contributed by atoms with van der Waals surface area (Å²) in [5, 5.41) is 0.178. The van der Waals surface area contributed by atoms with Crippen LogP contribution in [0.4, 0.5) is 4.39 Å². The van der Waals surface area contributed by atoms with Crippen molar-refractivity contribution in [2.45, 2.75) is 25.8 Å². The molecule has 0 bridgehead atoms. The Hall–Kier alpha value is -0.600. The van der Waals surface area contributed by atoms with Crippen LogP contribution in [-0.4, -0.2) is 6.04 Å². The number of benzene rings is 1. The van der Waals surface area contributed by atoms with Crippen LogP contribution in [0.1, 0.15) is 25.3 Å². The van der Waals surface area contributed by atoms with Gasteiger partial charge in [0.1, 0.15) is 5.82 Å². The van der Waals surface area contributed by atoms with Gasteiger partial charge < -0.3 is 5.73 Å². The van der Waals surface area contributed by atoms with E-state index in [0.29, 0.717) is 5.92 Å². The summed E-state index contributed by atoms with van der Waals surface area (Å²) in [4.78, 5) is 0. The first-order chi connectivity index (χ1) is 6.44. The molecular formula is C11H13ClFN. The van der Waals surface area contributed by atoms with Gasteiger partial charge in [-0.15, -0.1) is 0 Å². The standard InChI is InChI=1S/C11H13ClFN/c1-11(2)9(10(11)14)6-3-4-8(13)7(12)5-6/h3-5,9-10H,14H2,1-2H3/t9-,10-/m0/s1. The lowest BCUT2D eigenvalue weighted by atomic mass is 10.0. The number of nitrogens with two attached hydrogens (primary N) is 1. The van der Waals surface area contributed by atoms with Crippen LogP contribution in [-0.2, 0) is 0 Å². The van der Waals surface area contributed by atoms with Gasteiger partial charge in [-0.3, -0.25) is 0 Å². The summed E-state index contributed by atoms with van der Waals surface area (Å²) in [6.45, 7) is 4.22. The van der Waals surface area contributed by atoms with Crippen molar-refractivity contribution >= 4 is 11.6 Å². The van der Waals surface area contributed by atoms with Gasteiger partial charge in [0.15, 0.2) is 0 Å². The van der Waals surface area contributed by atoms with E-state index in [1.54, 1.807) is 12.1 Å². The molecule has 0 unspecified atom stereocenters. The molecule has 1 aliphatic rings. The predicted octanol–water partition coefficient (Wildman–Crippen LogP) is 2.93. The highest BCUT2D eigenvalue weighted by molar-refractivity contribution is 6.30. The van der Waals surface area contributed by atoms with Gasteiger partial charge >= 0.3 is 0 Å². The van der Waals surface area contributed by atoms with E-state index in [0.717, 1.165) is 5.56 Å². The molecule has 1 aliphatic carbocycles. The van der Waals surface area contributed by atoms with Crippen LogP contribution >= 0.6 is 11.6 Å². The first kappa shape index (κ1) is 9.94. The van der Waals surface area contributed by atoms with Crippen LogP contribution in [0.25, 0.3) is 0 Å². The van der Waals surface area contributed by atoms with Crippen LogP contribution in [0.2, 0.25) is 5.02 Å². The normalized spacial score (nSPS) is 28.9. The van der Waals surface area contributed by atoms with Crippen molar-refractivity contribution in [3.05, 3.63) is 34.6 Å². The molecular weight excluding hydrogens is 201 g/mol. The fourth-order valence-corrected chi connectivity index (χ4v) is 2.21. The smallest absolute Gasteiger partial charge is 0.141 e. The fourth-order valence-electron chi connectivity index (χ4n) is 2.02. The zero-order chi connectivity index (χ0) is 10.5. The molecule has 14 heavy (non-hydrogen) atoms. The summed E-state index contributed by atoms with van der Waals surface area (Å²) in [5.41, 5.74) is 7.08. The van der Waals surface area contributed by atoms with Gasteiger partial charge in [-0.2, -0.15) is 0 Å².